The molecule has 7 nitrogen and oxygen atoms in total. The van der Waals surface area contributed by atoms with Gasteiger partial charge < -0.3 is 5.32 Å². The van der Waals surface area contributed by atoms with Gasteiger partial charge in [0.2, 0.25) is 0 Å². The van der Waals surface area contributed by atoms with Gasteiger partial charge in [0.1, 0.15) is 12.2 Å². The van der Waals surface area contributed by atoms with Crippen LogP contribution >= 0.6 is 0 Å². The fraction of sp³-hybridized carbons (Fsp3) is 0.571. The Morgan fingerprint density at radius 1 is 1.38 bits per heavy atom. The van der Waals surface area contributed by atoms with Gasteiger partial charge in [-0.05, 0) is 18.9 Å². The van der Waals surface area contributed by atoms with Gasteiger partial charge in [-0.1, -0.05) is 13.8 Å². The van der Waals surface area contributed by atoms with Crippen molar-refractivity contribution in [3.05, 3.63) is 40.1 Å². The van der Waals surface area contributed by atoms with Crippen LogP contribution in [0.15, 0.2) is 17.4 Å². The van der Waals surface area contributed by atoms with Crippen molar-refractivity contribution < 1.29 is 0 Å². The molecule has 7 heteroatoms. The summed E-state index contributed by atoms with van der Waals surface area (Å²) in [5.41, 5.74) is 1.73. The Kier molecular flexibility index (Phi) is 3.83. The Morgan fingerprint density at radius 2 is 2.24 bits per heavy atom. The molecule has 2 aromatic heterocycles. The maximum atomic E-state index is 12.5. The maximum Gasteiger partial charge on any atom is 0.257 e. The average molecular weight is 288 g/mol. The van der Waals surface area contributed by atoms with E-state index >= 15 is 0 Å². The molecule has 0 amide bonds. The first-order valence-electron chi connectivity index (χ1n) is 7.29. The Hall–Kier alpha value is -2.02. The van der Waals surface area contributed by atoms with Crippen molar-refractivity contribution in [2.24, 2.45) is 5.92 Å². The third-order valence-electron chi connectivity index (χ3n) is 3.61. The quantitative estimate of drug-likeness (QED) is 0.868. The molecule has 0 atom stereocenters. The summed E-state index contributed by atoms with van der Waals surface area (Å²) >= 11 is 0. The summed E-state index contributed by atoms with van der Waals surface area (Å²) in [6.07, 6.45) is 3.89. The molecule has 0 bridgehead atoms. The highest BCUT2D eigenvalue weighted by Gasteiger charge is 2.16. The van der Waals surface area contributed by atoms with Crippen molar-refractivity contribution in [3.8, 4) is 0 Å². The molecule has 0 unspecified atom stereocenters. The van der Waals surface area contributed by atoms with Gasteiger partial charge in [-0.15, -0.1) is 0 Å². The second-order valence-electron chi connectivity index (χ2n) is 5.78. The summed E-state index contributed by atoms with van der Waals surface area (Å²) in [5, 5.41) is 7.46. The van der Waals surface area contributed by atoms with Gasteiger partial charge in [0.25, 0.3) is 5.56 Å². The minimum atomic E-state index is 0.0422. The summed E-state index contributed by atoms with van der Waals surface area (Å²) in [6, 6.07) is 0. The monoisotopic (exact) mass is 288 g/mol. The molecule has 1 N–H and O–H groups in total. The highest BCUT2D eigenvalue weighted by atomic mass is 16.1. The van der Waals surface area contributed by atoms with Crippen LogP contribution in [-0.4, -0.2) is 30.9 Å². The smallest absolute Gasteiger partial charge is 0.257 e. The van der Waals surface area contributed by atoms with Crippen molar-refractivity contribution in [2.75, 3.05) is 6.54 Å². The molecule has 21 heavy (non-hydrogen) atoms. The molecule has 1 aliphatic heterocycles. The Balaban J connectivity index is 1.89. The average Bonchev–Trinajstić information content (AvgIpc) is 2.89. The van der Waals surface area contributed by atoms with E-state index in [2.05, 4.69) is 34.2 Å². The van der Waals surface area contributed by atoms with E-state index < -0.39 is 0 Å². The van der Waals surface area contributed by atoms with Gasteiger partial charge in [-0.25, -0.2) is 14.6 Å². The van der Waals surface area contributed by atoms with E-state index in [0.29, 0.717) is 19.0 Å². The molecular formula is C14H20N6O. The van der Waals surface area contributed by atoms with Gasteiger partial charge in [0, 0.05) is 18.7 Å². The summed E-state index contributed by atoms with van der Waals surface area (Å²) in [6.45, 7) is 6.98. The molecule has 0 radical (unpaired) electrons. The normalized spacial score (nSPS) is 14.4. The third-order valence-corrected chi connectivity index (χ3v) is 3.61. The summed E-state index contributed by atoms with van der Waals surface area (Å²) < 4.78 is 3.49. The molecule has 112 valence electrons. The molecule has 2 aromatic rings. The van der Waals surface area contributed by atoms with Crippen molar-refractivity contribution in [1.82, 2.24) is 29.6 Å². The lowest BCUT2D eigenvalue weighted by molar-refractivity contribution is 0.458. The fourth-order valence-corrected chi connectivity index (χ4v) is 2.56. The lowest BCUT2D eigenvalue weighted by Gasteiger charge is -2.17. The molecule has 0 aliphatic carbocycles. The van der Waals surface area contributed by atoms with Crippen LogP contribution in [0.1, 0.15) is 30.9 Å². The molecule has 0 saturated carbocycles. The Labute approximate surface area is 123 Å². The molecule has 3 rings (SSSR count). The number of aromatic nitrogens is 5. The Morgan fingerprint density at radius 3 is 3.05 bits per heavy atom. The van der Waals surface area contributed by atoms with Crippen LogP contribution in [0, 0.1) is 5.92 Å². The SMILES string of the molecule is CC(C)Cn1ncnc1Cn1cnc2c(c1=O)CCNC2. The van der Waals surface area contributed by atoms with Gasteiger partial charge >= 0.3 is 0 Å². The van der Waals surface area contributed by atoms with Crippen LogP contribution in [0.5, 0.6) is 0 Å². The van der Waals surface area contributed by atoms with Crippen LogP contribution in [0.2, 0.25) is 0 Å². The van der Waals surface area contributed by atoms with Gasteiger partial charge in [-0.2, -0.15) is 5.10 Å². The van der Waals surface area contributed by atoms with E-state index in [4.69, 9.17) is 0 Å². The van der Waals surface area contributed by atoms with E-state index in [1.54, 1.807) is 17.2 Å². The topological polar surface area (TPSA) is 77.6 Å². The van der Waals surface area contributed by atoms with Crippen molar-refractivity contribution in [3.63, 3.8) is 0 Å². The van der Waals surface area contributed by atoms with Crippen LogP contribution < -0.4 is 10.9 Å². The van der Waals surface area contributed by atoms with Crippen molar-refractivity contribution in [2.45, 2.75) is 39.9 Å². The van der Waals surface area contributed by atoms with Crippen molar-refractivity contribution >= 4 is 0 Å². The van der Waals surface area contributed by atoms with E-state index in [0.717, 1.165) is 36.6 Å². The zero-order valence-corrected chi connectivity index (χ0v) is 12.4. The highest BCUT2D eigenvalue weighted by Crippen LogP contribution is 2.07. The minimum Gasteiger partial charge on any atom is -0.311 e. The summed E-state index contributed by atoms with van der Waals surface area (Å²) in [4.78, 5) is 21.2. The van der Waals surface area contributed by atoms with Crippen LogP contribution in [0.4, 0.5) is 0 Å². The number of hydrogen-bond donors (Lipinski definition) is 1. The lowest BCUT2D eigenvalue weighted by atomic mass is 10.1. The molecule has 0 saturated heterocycles. The molecule has 0 spiro atoms. The minimum absolute atomic E-state index is 0.0422. The first-order valence-corrected chi connectivity index (χ1v) is 7.29. The summed E-state index contributed by atoms with van der Waals surface area (Å²) in [7, 11) is 0. The molecule has 3 heterocycles. The van der Waals surface area contributed by atoms with Crippen LogP contribution in [-0.2, 0) is 26.1 Å². The number of rotatable bonds is 4. The van der Waals surface area contributed by atoms with Gasteiger partial charge in [0.15, 0.2) is 0 Å². The predicted molar refractivity (Wildman–Crippen MR) is 77.9 cm³/mol. The fourth-order valence-electron chi connectivity index (χ4n) is 2.56. The molecule has 0 aromatic carbocycles. The highest BCUT2D eigenvalue weighted by molar-refractivity contribution is 5.19. The molecular weight excluding hydrogens is 268 g/mol. The van der Waals surface area contributed by atoms with E-state index in [-0.39, 0.29) is 5.56 Å². The predicted octanol–water partition coefficient (Wildman–Crippen LogP) is 0.185. The molecule has 1 aliphatic rings. The number of nitrogens with one attached hydrogen (secondary N) is 1. The Bertz CT molecular complexity index is 687. The second kappa shape index (κ2) is 5.77. The van der Waals surface area contributed by atoms with E-state index in [1.807, 2.05) is 4.68 Å². The summed E-state index contributed by atoms with van der Waals surface area (Å²) in [5.74, 6) is 1.27. The zero-order valence-electron chi connectivity index (χ0n) is 12.4. The third kappa shape index (κ3) is 2.87. The van der Waals surface area contributed by atoms with Gasteiger partial charge in [-0.3, -0.25) is 9.36 Å². The number of hydrogen-bond acceptors (Lipinski definition) is 5. The number of nitrogens with zero attached hydrogens (tertiary/aromatic N) is 5. The van der Waals surface area contributed by atoms with Crippen LogP contribution in [0.3, 0.4) is 0 Å². The second-order valence-corrected chi connectivity index (χ2v) is 5.78. The first-order chi connectivity index (χ1) is 10.1. The van der Waals surface area contributed by atoms with E-state index in [9.17, 15) is 4.79 Å². The lowest BCUT2D eigenvalue weighted by Crippen LogP contribution is -2.34. The van der Waals surface area contributed by atoms with Crippen LogP contribution in [0.25, 0.3) is 0 Å². The van der Waals surface area contributed by atoms with Crippen molar-refractivity contribution in [1.29, 1.82) is 0 Å². The zero-order chi connectivity index (χ0) is 14.8. The number of fused-ring (bicyclic) bond motifs is 1. The standard InChI is InChI=1S/C14H20N6O/c1-10(2)6-20-13(16-8-18-20)7-19-9-17-12-5-15-4-3-11(12)14(19)21/h8-10,15H,3-7H2,1-2H3. The maximum absolute atomic E-state index is 12.5. The largest absolute Gasteiger partial charge is 0.311 e. The van der Waals surface area contributed by atoms with E-state index in [1.165, 1.54) is 0 Å². The first kappa shape index (κ1) is 13.9. The van der Waals surface area contributed by atoms with Gasteiger partial charge in [0.05, 0.1) is 18.6 Å². The molecule has 0 fully saturated rings.